The molecule has 1 aliphatic heterocycles. The molecule has 2 aromatic rings. The highest BCUT2D eigenvalue weighted by molar-refractivity contribution is 9.10. The summed E-state index contributed by atoms with van der Waals surface area (Å²) in [6.07, 6.45) is 0. The van der Waals surface area contributed by atoms with Gasteiger partial charge in [0.15, 0.2) is 0 Å². The summed E-state index contributed by atoms with van der Waals surface area (Å²) < 4.78 is 1.00. The largest absolute Gasteiger partial charge is 0.368 e. The molecule has 2 amide bonds. The minimum atomic E-state index is -0.0297. The van der Waals surface area contributed by atoms with E-state index in [-0.39, 0.29) is 6.03 Å². The summed E-state index contributed by atoms with van der Waals surface area (Å²) >= 11 is 3.40. The van der Waals surface area contributed by atoms with Crippen LogP contribution in [0.2, 0.25) is 0 Å². The van der Waals surface area contributed by atoms with Crippen molar-refractivity contribution in [2.45, 2.75) is 13.8 Å². The van der Waals surface area contributed by atoms with Crippen LogP contribution in [0.3, 0.4) is 0 Å². The van der Waals surface area contributed by atoms with Gasteiger partial charge in [-0.25, -0.2) is 4.79 Å². The molecule has 5 heteroatoms. The zero-order valence-electron chi connectivity index (χ0n) is 14.1. The van der Waals surface area contributed by atoms with Crippen LogP contribution in [0.5, 0.6) is 0 Å². The fourth-order valence-corrected chi connectivity index (χ4v) is 3.23. The lowest BCUT2D eigenvalue weighted by Gasteiger charge is -2.37. The van der Waals surface area contributed by atoms with Crippen LogP contribution in [-0.4, -0.2) is 37.1 Å². The Morgan fingerprint density at radius 3 is 2.33 bits per heavy atom. The number of amides is 2. The number of piperazine rings is 1. The number of rotatable bonds is 2. The monoisotopic (exact) mass is 387 g/mol. The van der Waals surface area contributed by atoms with Crippen molar-refractivity contribution in [1.29, 1.82) is 0 Å². The second kappa shape index (κ2) is 7.26. The van der Waals surface area contributed by atoms with Gasteiger partial charge in [-0.05, 0) is 55.3 Å². The van der Waals surface area contributed by atoms with Gasteiger partial charge in [0, 0.05) is 42.0 Å². The van der Waals surface area contributed by atoms with E-state index in [0.717, 1.165) is 36.3 Å². The Bertz CT molecular complexity index is 722. The lowest BCUT2D eigenvalue weighted by molar-refractivity contribution is 0.208. The molecule has 1 N–H and O–H groups in total. The summed E-state index contributed by atoms with van der Waals surface area (Å²) in [5.74, 6) is 0. The van der Waals surface area contributed by atoms with Crippen molar-refractivity contribution in [1.82, 2.24) is 4.90 Å². The molecule has 1 aliphatic rings. The molecule has 0 spiro atoms. The molecule has 0 atom stereocenters. The number of anilines is 2. The zero-order valence-corrected chi connectivity index (χ0v) is 15.6. The van der Waals surface area contributed by atoms with Gasteiger partial charge in [0.2, 0.25) is 0 Å². The first-order valence-electron chi connectivity index (χ1n) is 8.17. The fourth-order valence-electron chi connectivity index (χ4n) is 2.96. The van der Waals surface area contributed by atoms with Crippen LogP contribution in [0, 0.1) is 13.8 Å². The van der Waals surface area contributed by atoms with E-state index in [9.17, 15) is 4.79 Å². The number of nitrogens with one attached hydrogen (secondary N) is 1. The molecule has 0 aromatic heterocycles. The van der Waals surface area contributed by atoms with Crippen LogP contribution in [0.15, 0.2) is 46.9 Å². The number of carbonyl (C=O) groups excluding carboxylic acids is 1. The Morgan fingerprint density at radius 1 is 1.00 bits per heavy atom. The molecule has 2 aromatic carbocycles. The molecule has 1 saturated heterocycles. The van der Waals surface area contributed by atoms with Crippen LogP contribution in [0.25, 0.3) is 0 Å². The Labute approximate surface area is 151 Å². The maximum absolute atomic E-state index is 12.4. The van der Waals surface area contributed by atoms with E-state index in [4.69, 9.17) is 0 Å². The molecule has 0 aliphatic carbocycles. The van der Waals surface area contributed by atoms with Gasteiger partial charge < -0.3 is 15.1 Å². The summed E-state index contributed by atoms with van der Waals surface area (Å²) in [6.45, 7) is 7.49. The molecule has 24 heavy (non-hydrogen) atoms. The van der Waals surface area contributed by atoms with Crippen LogP contribution in [0.1, 0.15) is 11.1 Å². The third kappa shape index (κ3) is 3.73. The molecular weight excluding hydrogens is 366 g/mol. The van der Waals surface area contributed by atoms with Crippen molar-refractivity contribution in [2.75, 3.05) is 36.4 Å². The van der Waals surface area contributed by atoms with E-state index in [1.807, 2.05) is 29.2 Å². The molecule has 0 radical (unpaired) electrons. The normalized spacial score (nSPS) is 14.6. The average molecular weight is 388 g/mol. The molecule has 4 nitrogen and oxygen atoms in total. The Balaban J connectivity index is 1.59. The van der Waals surface area contributed by atoms with Gasteiger partial charge in [-0.3, -0.25) is 0 Å². The molecule has 0 saturated carbocycles. The molecule has 1 fully saturated rings. The van der Waals surface area contributed by atoms with Gasteiger partial charge >= 0.3 is 6.03 Å². The minimum Gasteiger partial charge on any atom is -0.368 e. The van der Waals surface area contributed by atoms with Crippen molar-refractivity contribution in [2.24, 2.45) is 0 Å². The van der Waals surface area contributed by atoms with Crippen molar-refractivity contribution in [3.05, 3.63) is 58.1 Å². The van der Waals surface area contributed by atoms with Crippen molar-refractivity contribution >= 4 is 33.3 Å². The number of carbonyl (C=O) groups is 1. The number of hydrogen-bond acceptors (Lipinski definition) is 2. The van der Waals surface area contributed by atoms with E-state index in [1.165, 1.54) is 16.8 Å². The van der Waals surface area contributed by atoms with Gasteiger partial charge in [-0.1, -0.05) is 28.1 Å². The summed E-state index contributed by atoms with van der Waals surface area (Å²) in [7, 11) is 0. The van der Waals surface area contributed by atoms with E-state index >= 15 is 0 Å². The Hall–Kier alpha value is -2.01. The number of benzene rings is 2. The summed E-state index contributed by atoms with van der Waals surface area (Å²) in [5.41, 5.74) is 4.73. The second-order valence-electron chi connectivity index (χ2n) is 6.13. The maximum atomic E-state index is 12.4. The standard InChI is InChI=1S/C19H22BrN3O/c1-14-4-3-5-18(15(14)2)22-10-12-23(13-11-22)19(24)21-17-8-6-16(20)7-9-17/h3-9H,10-13H2,1-2H3,(H,21,24). The van der Waals surface area contributed by atoms with Gasteiger partial charge in [-0.2, -0.15) is 0 Å². The van der Waals surface area contributed by atoms with Gasteiger partial charge in [0.1, 0.15) is 0 Å². The number of halogens is 1. The third-order valence-corrected chi connectivity index (χ3v) is 5.11. The number of urea groups is 1. The lowest BCUT2D eigenvalue weighted by Crippen LogP contribution is -2.50. The molecule has 0 bridgehead atoms. The van der Waals surface area contributed by atoms with Crippen molar-refractivity contribution in [3.8, 4) is 0 Å². The number of aryl methyl sites for hydroxylation is 1. The van der Waals surface area contributed by atoms with Gasteiger partial charge in [0.25, 0.3) is 0 Å². The van der Waals surface area contributed by atoms with E-state index in [2.05, 4.69) is 58.2 Å². The van der Waals surface area contributed by atoms with Gasteiger partial charge in [0.05, 0.1) is 0 Å². The summed E-state index contributed by atoms with van der Waals surface area (Å²) in [5, 5.41) is 2.96. The van der Waals surface area contributed by atoms with Crippen LogP contribution >= 0.6 is 15.9 Å². The number of hydrogen-bond donors (Lipinski definition) is 1. The van der Waals surface area contributed by atoms with E-state index < -0.39 is 0 Å². The predicted octanol–water partition coefficient (Wildman–Crippen LogP) is 4.42. The van der Waals surface area contributed by atoms with Crippen LogP contribution < -0.4 is 10.2 Å². The maximum Gasteiger partial charge on any atom is 0.321 e. The molecule has 126 valence electrons. The average Bonchev–Trinajstić information content (AvgIpc) is 2.59. The quantitative estimate of drug-likeness (QED) is 0.827. The minimum absolute atomic E-state index is 0.0297. The topological polar surface area (TPSA) is 35.6 Å². The van der Waals surface area contributed by atoms with Crippen molar-refractivity contribution < 1.29 is 4.79 Å². The fraction of sp³-hybridized carbons (Fsp3) is 0.316. The van der Waals surface area contributed by atoms with Crippen LogP contribution in [0.4, 0.5) is 16.2 Å². The summed E-state index contributed by atoms with van der Waals surface area (Å²) in [4.78, 5) is 16.6. The SMILES string of the molecule is Cc1cccc(N2CCN(C(=O)Nc3ccc(Br)cc3)CC2)c1C. The summed E-state index contributed by atoms with van der Waals surface area (Å²) in [6, 6.07) is 14.0. The van der Waals surface area contributed by atoms with Crippen molar-refractivity contribution in [3.63, 3.8) is 0 Å². The highest BCUT2D eigenvalue weighted by Gasteiger charge is 2.22. The van der Waals surface area contributed by atoms with Crippen LogP contribution in [-0.2, 0) is 0 Å². The predicted molar refractivity (Wildman–Crippen MR) is 103 cm³/mol. The highest BCUT2D eigenvalue weighted by atomic mass is 79.9. The Kier molecular flexibility index (Phi) is 5.09. The first-order chi connectivity index (χ1) is 11.5. The smallest absolute Gasteiger partial charge is 0.321 e. The Morgan fingerprint density at radius 2 is 1.67 bits per heavy atom. The number of nitrogens with zero attached hydrogens (tertiary/aromatic N) is 2. The first kappa shape index (κ1) is 16.8. The molecule has 3 rings (SSSR count). The highest BCUT2D eigenvalue weighted by Crippen LogP contribution is 2.24. The van der Waals surface area contributed by atoms with E-state index in [1.54, 1.807) is 0 Å². The zero-order chi connectivity index (χ0) is 17.1. The first-order valence-corrected chi connectivity index (χ1v) is 8.96. The second-order valence-corrected chi connectivity index (χ2v) is 7.05. The molecule has 0 unspecified atom stereocenters. The van der Waals surface area contributed by atoms with Gasteiger partial charge in [-0.15, -0.1) is 0 Å². The lowest BCUT2D eigenvalue weighted by atomic mass is 10.1. The molecular formula is C19H22BrN3O. The third-order valence-electron chi connectivity index (χ3n) is 4.58. The molecule has 1 heterocycles. The van der Waals surface area contributed by atoms with E-state index in [0.29, 0.717) is 0 Å².